The predicted molar refractivity (Wildman–Crippen MR) is 116 cm³/mol. The number of rotatable bonds is 7. The summed E-state index contributed by atoms with van der Waals surface area (Å²) in [6.45, 7) is 2.97. The minimum absolute atomic E-state index is 0.0689. The Hall–Kier alpha value is -2.43. The van der Waals surface area contributed by atoms with Crippen LogP contribution in [0.1, 0.15) is 48.7 Å². The van der Waals surface area contributed by atoms with Crippen LogP contribution in [0.3, 0.4) is 0 Å². The average Bonchev–Trinajstić information content (AvgIpc) is 3.23. The standard InChI is InChI=1S/C25H29NO3/c1-18(16-24-20-9-4-3-8-19(20)12-15-29-24)25(13-7-14-26-25)17-22(27)21-10-5-6-11-23(21)28-2/h3-11,13-14,18,22,24,27H,12,15-17H2,1-2H3. The first-order chi connectivity index (χ1) is 14.1. The number of aliphatic hydroxyl groups excluding tert-OH is 1. The second-order valence-electron chi connectivity index (χ2n) is 8.04. The number of allylic oxidation sites excluding steroid dienone is 1. The molecule has 2 aliphatic rings. The molecule has 2 aromatic rings. The van der Waals surface area contributed by atoms with Gasteiger partial charge in [0.05, 0.1) is 31.5 Å². The van der Waals surface area contributed by atoms with Gasteiger partial charge in [-0.05, 0) is 42.0 Å². The van der Waals surface area contributed by atoms with Gasteiger partial charge < -0.3 is 14.6 Å². The molecule has 4 atom stereocenters. The van der Waals surface area contributed by atoms with Crippen molar-refractivity contribution in [3.63, 3.8) is 0 Å². The number of para-hydroxylation sites is 1. The Morgan fingerprint density at radius 1 is 1.21 bits per heavy atom. The summed E-state index contributed by atoms with van der Waals surface area (Å²) in [5, 5.41) is 11.1. The van der Waals surface area contributed by atoms with E-state index in [1.807, 2.05) is 36.6 Å². The third kappa shape index (κ3) is 4.00. The van der Waals surface area contributed by atoms with E-state index in [0.717, 1.165) is 25.0 Å². The van der Waals surface area contributed by atoms with Crippen molar-refractivity contribution in [3.05, 3.63) is 77.4 Å². The van der Waals surface area contributed by atoms with E-state index in [1.54, 1.807) is 7.11 Å². The average molecular weight is 392 g/mol. The lowest BCUT2D eigenvalue weighted by Crippen LogP contribution is -2.35. The Morgan fingerprint density at radius 2 is 2.00 bits per heavy atom. The van der Waals surface area contributed by atoms with Crippen LogP contribution < -0.4 is 4.74 Å². The number of aliphatic imine (C=N–C) groups is 1. The Labute approximate surface area is 172 Å². The van der Waals surface area contributed by atoms with Crippen LogP contribution in [0, 0.1) is 5.92 Å². The third-order valence-corrected chi connectivity index (χ3v) is 6.32. The van der Waals surface area contributed by atoms with Crippen molar-refractivity contribution in [1.29, 1.82) is 0 Å². The lowest BCUT2D eigenvalue weighted by atomic mass is 9.76. The summed E-state index contributed by atoms with van der Waals surface area (Å²) >= 11 is 0. The van der Waals surface area contributed by atoms with Crippen LogP contribution in [0.4, 0.5) is 0 Å². The van der Waals surface area contributed by atoms with E-state index in [1.165, 1.54) is 11.1 Å². The Balaban J connectivity index is 1.54. The molecule has 4 unspecified atom stereocenters. The fourth-order valence-electron chi connectivity index (χ4n) is 4.61. The first-order valence-corrected chi connectivity index (χ1v) is 10.4. The maximum atomic E-state index is 11.1. The van der Waals surface area contributed by atoms with Gasteiger partial charge in [-0.25, -0.2) is 0 Å². The number of nitrogens with zero attached hydrogens (tertiary/aromatic N) is 1. The summed E-state index contributed by atoms with van der Waals surface area (Å²) in [5.41, 5.74) is 3.02. The predicted octanol–water partition coefficient (Wildman–Crippen LogP) is 4.84. The molecule has 0 aromatic heterocycles. The number of hydrogen-bond acceptors (Lipinski definition) is 4. The van der Waals surface area contributed by atoms with Gasteiger partial charge in [-0.3, -0.25) is 4.99 Å². The van der Waals surface area contributed by atoms with Gasteiger partial charge in [0.15, 0.2) is 0 Å². The Bertz CT molecular complexity index is 892. The second-order valence-corrected chi connectivity index (χ2v) is 8.04. The van der Waals surface area contributed by atoms with Gasteiger partial charge >= 0.3 is 0 Å². The van der Waals surface area contributed by atoms with E-state index in [4.69, 9.17) is 14.5 Å². The zero-order chi connectivity index (χ0) is 20.3. The fraction of sp³-hybridized carbons (Fsp3) is 0.400. The van der Waals surface area contributed by atoms with E-state index in [2.05, 4.69) is 37.3 Å². The summed E-state index contributed by atoms with van der Waals surface area (Å²) in [6.07, 6.45) is 7.71. The van der Waals surface area contributed by atoms with Gasteiger partial charge in [-0.2, -0.15) is 0 Å². The largest absolute Gasteiger partial charge is 0.496 e. The molecule has 0 radical (unpaired) electrons. The van der Waals surface area contributed by atoms with Gasteiger partial charge in [-0.1, -0.05) is 55.5 Å². The Kier molecular flexibility index (Phi) is 5.84. The molecule has 1 N–H and O–H groups in total. The first kappa shape index (κ1) is 19.9. The number of methoxy groups -OCH3 is 1. The lowest BCUT2D eigenvalue weighted by molar-refractivity contribution is 0.0171. The molecule has 0 saturated carbocycles. The molecular formula is C25H29NO3. The third-order valence-electron chi connectivity index (χ3n) is 6.32. The SMILES string of the molecule is COc1ccccc1C(O)CC1(C(C)CC2OCCc3ccccc32)C=CC=N1. The van der Waals surface area contributed by atoms with Crippen LogP contribution in [-0.4, -0.2) is 30.6 Å². The van der Waals surface area contributed by atoms with E-state index in [9.17, 15) is 5.11 Å². The molecule has 4 nitrogen and oxygen atoms in total. The summed E-state index contributed by atoms with van der Waals surface area (Å²) < 4.78 is 11.6. The van der Waals surface area contributed by atoms with Gasteiger partial charge in [-0.15, -0.1) is 0 Å². The summed E-state index contributed by atoms with van der Waals surface area (Å²) in [5.74, 6) is 0.913. The van der Waals surface area contributed by atoms with Gasteiger partial charge in [0, 0.05) is 18.2 Å². The molecule has 2 aromatic carbocycles. The van der Waals surface area contributed by atoms with Crippen LogP contribution in [0.25, 0.3) is 0 Å². The molecule has 0 saturated heterocycles. The molecule has 0 bridgehead atoms. The molecule has 0 spiro atoms. The van der Waals surface area contributed by atoms with Crippen LogP contribution >= 0.6 is 0 Å². The molecule has 29 heavy (non-hydrogen) atoms. The highest BCUT2D eigenvalue weighted by Gasteiger charge is 2.39. The van der Waals surface area contributed by atoms with Gasteiger partial charge in [0.2, 0.25) is 0 Å². The normalized spacial score (nSPS) is 24.9. The maximum Gasteiger partial charge on any atom is 0.124 e. The van der Waals surface area contributed by atoms with Crippen molar-refractivity contribution in [3.8, 4) is 5.75 Å². The van der Waals surface area contributed by atoms with Crippen LogP contribution in [-0.2, 0) is 11.2 Å². The fourth-order valence-corrected chi connectivity index (χ4v) is 4.61. The molecule has 4 rings (SSSR count). The molecular weight excluding hydrogens is 362 g/mol. The van der Waals surface area contributed by atoms with Crippen LogP contribution in [0.15, 0.2) is 65.7 Å². The number of hydrogen-bond donors (Lipinski definition) is 1. The summed E-state index contributed by atoms with van der Waals surface area (Å²) in [7, 11) is 1.63. The Morgan fingerprint density at radius 3 is 2.79 bits per heavy atom. The monoisotopic (exact) mass is 391 g/mol. The number of ether oxygens (including phenoxy) is 2. The first-order valence-electron chi connectivity index (χ1n) is 10.4. The number of aliphatic hydroxyl groups is 1. The zero-order valence-electron chi connectivity index (χ0n) is 17.1. The lowest BCUT2D eigenvalue weighted by Gasteiger charge is -2.36. The van der Waals surface area contributed by atoms with Crippen molar-refractivity contribution >= 4 is 6.21 Å². The molecule has 0 amide bonds. The van der Waals surface area contributed by atoms with Crippen molar-refractivity contribution < 1.29 is 14.6 Å². The van der Waals surface area contributed by atoms with E-state index in [0.29, 0.717) is 12.2 Å². The molecule has 0 fully saturated rings. The molecule has 2 heterocycles. The van der Waals surface area contributed by atoms with Crippen molar-refractivity contribution in [2.45, 2.75) is 43.9 Å². The smallest absolute Gasteiger partial charge is 0.124 e. The molecule has 0 aliphatic carbocycles. The number of fused-ring (bicyclic) bond motifs is 1. The summed E-state index contributed by atoms with van der Waals surface area (Å²) in [6, 6.07) is 16.2. The quantitative estimate of drug-likeness (QED) is 0.735. The molecule has 2 aliphatic heterocycles. The van der Waals surface area contributed by atoms with Gasteiger partial charge in [0.25, 0.3) is 0 Å². The van der Waals surface area contributed by atoms with Crippen molar-refractivity contribution in [1.82, 2.24) is 0 Å². The maximum absolute atomic E-state index is 11.1. The highest BCUT2D eigenvalue weighted by molar-refractivity contribution is 5.75. The highest BCUT2D eigenvalue weighted by atomic mass is 16.5. The van der Waals surface area contributed by atoms with Gasteiger partial charge in [0.1, 0.15) is 5.75 Å². The highest BCUT2D eigenvalue weighted by Crippen LogP contribution is 2.43. The zero-order valence-corrected chi connectivity index (χ0v) is 17.1. The van der Waals surface area contributed by atoms with Crippen LogP contribution in [0.2, 0.25) is 0 Å². The molecule has 4 heteroatoms. The topological polar surface area (TPSA) is 51.0 Å². The van der Waals surface area contributed by atoms with E-state index >= 15 is 0 Å². The van der Waals surface area contributed by atoms with Crippen LogP contribution in [0.5, 0.6) is 5.75 Å². The van der Waals surface area contributed by atoms with Crippen molar-refractivity contribution in [2.24, 2.45) is 10.9 Å². The van der Waals surface area contributed by atoms with E-state index < -0.39 is 11.6 Å². The summed E-state index contributed by atoms with van der Waals surface area (Å²) in [4.78, 5) is 4.82. The second kappa shape index (κ2) is 8.52. The van der Waals surface area contributed by atoms with E-state index in [-0.39, 0.29) is 12.0 Å². The minimum Gasteiger partial charge on any atom is -0.496 e. The van der Waals surface area contributed by atoms with Crippen molar-refractivity contribution in [2.75, 3.05) is 13.7 Å². The minimum atomic E-state index is -0.659. The molecule has 152 valence electrons. The number of benzene rings is 2.